The molecular formula is C17H34KO2-. The van der Waals surface area contributed by atoms with Crippen molar-refractivity contribution in [3.63, 3.8) is 0 Å². The average Bonchev–Trinajstić information content (AvgIpc) is 3.00. The second-order valence-corrected chi connectivity index (χ2v) is 5.85. The van der Waals surface area contributed by atoms with Crippen LogP contribution in [-0.2, 0) is 9.53 Å². The zero-order chi connectivity index (χ0) is 15.0. The summed E-state index contributed by atoms with van der Waals surface area (Å²) in [5, 5.41) is 0. The van der Waals surface area contributed by atoms with Gasteiger partial charge in [0, 0.05) is 13.2 Å². The normalized spacial score (nSPS) is 18.8. The topological polar surface area (TPSA) is 26.3 Å². The first-order valence-corrected chi connectivity index (χ1v) is 7.75. The van der Waals surface area contributed by atoms with E-state index in [1.807, 2.05) is 0 Å². The fraction of sp³-hybridized carbons (Fsp3) is 0.882. The van der Waals surface area contributed by atoms with Crippen LogP contribution in [0.15, 0.2) is 0 Å². The minimum absolute atomic E-state index is 0. The fourth-order valence-corrected chi connectivity index (χ4v) is 1.77. The summed E-state index contributed by atoms with van der Waals surface area (Å²) < 4.78 is 4.94. The molecule has 1 heterocycles. The third-order valence-electron chi connectivity index (χ3n) is 3.38. The molecule has 2 aliphatic rings. The zero-order valence-corrected chi connectivity index (χ0v) is 17.7. The van der Waals surface area contributed by atoms with Crippen LogP contribution in [0.4, 0.5) is 0 Å². The smallest absolute Gasteiger partial charge is 0.545 e. The summed E-state index contributed by atoms with van der Waals surface area (Å²) in [6.45, 7) is 14.3. The number of rotatable bonds is 1. The fourth-order valence-electron chi connectivity index (χ4n) is 1.77. The van der Waals surface area contributed by atoms with Gasteiger partial charge >= 0.3 is 51.4 Å². The van der Waals surface area contributed by atoms with Gasteiger partial charge in [0.05, 0.1) is 0 Å². The van der Waals surface area contributed by atoms with Crippen molar-refractivity contribution in [3.05, 3.63) is 6.42 Å². The molecule has 0 amide bonds. The Balaban J connectivity index is -0.000000211. The van der Waals surface area contributed by atoms with E-state index in [2.05, 4.69) is 40.9 Å². The Bertz CT molecular complexity index is 151. The van der Waals surface area contributed by atoms with Gasteiger partial charge in [-0.1, -0.05) is 53.4 Å². The van der Waals surface area contributed by atoms with Crippen molar-refractivity contribution in [2.45, 2.75) is 79.1 Å². The third-order valence-corrected chi connectivity index (χ3v) is 3.38. The van der Waals surface area contributed by atoms with Crippen LogP contribution in [0.25, 0.3) is 0 Å². The Kier molecular flexibility index (Phi) is 26.5. The molecule has 0 radical (unpaired) electrons. The molecule has 0 atom stereocenters. The summed E-state index contributed by atoms with van der Waals surface area (Å²) in [7, 11) is 0. The van der Waals surface area contributed by atoms with Gasteiger partial charge in [0.25, 0.3) is 0 Å². The maximum absolute atomic E-state index is 7.75. The molecule has 20 heavy (non-hydrogen) atoms. The summed E-state index contributed by atoms with van der Waals surface area (Å²) in [6.07, 6.45) is 13.1. The molecule has 0 unspecified atom stereocenters. The van der Waals surface area contributed by atoms with Crippen LogP contribution >= 0.6 is 0 Å². The van der Waals surface area contributed by atoms with Gasteiger partial charge in [-0.15, -0.1) is 0 Å². The first-order chi connectivity index (χ1) is 9.12. The average molecular weight is 310 g/mol. The zero-order valence-electron chi connectivity index (χ0n) is 14.5. The summed E-state index contributed by atoms with van der Waals surface area (Å²) in [4.78, 5) is 7.75. The Morgan fingerprint density at radius 3 is 1.55 bits per heavy atom. The minimum Gasteiger partial charge on any atom is -0.545 e. The van der Waals surface area contributed by atoms with Crippen LogP contribution < -0.4 is 51.4 Å². The Morgan fingerprint density at radius 2 is 1.40 bits per heavy atom. The van der Waals surface area contributed by atoms with Gasteiger partial charge in [0.1, 0.15) is 0 Å². The van der Waals surface area contributed by atoms with Crippen LogP contribution in [0.1, 0.15) is 79.1 Å². The van der Waals surface area contributed by atoms with Crippen molar-refractivity contribution in [2.75, 3.05) is 13.2 Å². The summed E-state index contributed by atoms with van der Waals surface area (Å²) in [5.41, 5.74) is 0.648. The Hall–Kier alpha value is 1.27. The molecule has 2 nitrogen and oxygen atoms in total. The van der Waals surface area contributed by atoms with Gasteiger partial charge in [0.2, 0.25) is 0 Å². The molecular weight excluding hydrogens is 275 g/mol. The number of hydrogen-bond donors (Lipinski definition) is 0. The first kappa shape index (κ1) is 26.2. The van der Waals surface area contributed by atoms with E-state index in [-0.39, 0.29) is 51.4 Å². The molecule has 0 bridgehead atoms. The molecule has 1 saturated heterocycles. The van der Waals surface area contributed by atoms with Crippen molar-refractivity contribution < 1.29 is 60.9 Å². The number of ether oxygens (including phenoxy) is 1. The predicted molar refractivity (Wildman–Crippen MR) is 83.9 cm³/mol. The summed E-state index contributed by atoms with van der Waals surface area (Å²) in [6, 6.07) is 0. The predicted octanol–water partition coefficient (Wildman–Crippen LogP) is 2.12. The van der Waals surface area contributed by atoms with Gasteiger partial charge in [0.15, 0.2) is 0 Å². The molecule has 1 aliphatic carbocycles. The van der Waals surface area contributed by atoms with Crippen molar-refractivity contribution in [1.82, 2.24) is 0 Å². The second kappa shape index (κ2) is 20.3. The van der Waals surface area contributed by atoms with E-state index in [0.29, 0.717) is 5.41 Å². The molecule has 0 aromatic carbocycles. The van der Waals surface area contributed by atoms with Crippen molar-refractivity contribution in [3.8, 4) is 0 Å². The maximum Gasteiger partial charge on any atom is 1.00 e. The molecule has 3 heteroatoms. The van der Waals surface area contributed by atoms with E-state index in [9.17, 15) is 0 Å². The quantitative estimate of drug-likeness (QED) is 0.421. The van der Waals surface area contributed by atoms with Crippen molar-refractivity contribution in [1.29, 1.82) is 0 Å². The van der Waals surface area contributed by atoms with Crippen LogP contribution in [0, 0.1) is 11.8 Å². The molecule has 0 N–H and O–H groups in total. The maximum atomic E-state index is 7.75. The molecule has 0 spiro atoms. The van der Waals surface area contributed by atoms with E-state index in [0.717, 1.165) is 13.2 Å². The van der Waals surface area contributed by atoms with Gasteiger partial charge in [-0.2, -0.15) is 12.8 Å². The molecule has 1 aliphatic heterocycles. The Morgan fingerprint density at radius 1 is 1.00 bits per heavy atom. The van der Waals surface area contributed by atoms with Crippen molar-refractivity contribution >= 4 is 6.79 Å². The minimum atomic E-state index is 0. The summed E-state index contributed by atoms with van der Waals surface area (Å²) in [5.74, 6) is 0. The van der Waals surface area contributed by atoms with Crippen LogP contribution in [0.3, 0.4) is 0 Å². The Labute approximate surface area is 170 Å². The second-order valence-electron chi connectivity index (χ2n) is 5.85. The van der Waals surface area contributed by atoms with Crippen molar-refractivity contribution in [2.24, 2.45) is 5.41 Å². The van der Waals surface area contributed by atoms with Crippen LogP contribution in [0.2, 0.25) is 0 Å². The van der Waals surface area contributed by atoms with E-state index < -0.39 is 0 Å². The molecule has 0 aromatic rings. The van der Waals surface area contributed by atoms with E-state index in [1.54, 1.807) is 0 Å². The monoisotopic (exact) mass is 309 g/mol. The van der Waals surface area contributed by atoms with E-state index >= 15 is 0 Å². The van der Waals surface area contributed by atoms with Crippen LogP contribution in [0.5, 0.6) is 0 Å². The molecule has 116 valence electrons. The third kappa shape index (κ3) is 21.6. The molecule has 0 aromatic heterocycles. The summed E-state index contributed by atoms with van der Waals surface area (Å²) >= 11 is 0. The van der Waals surface area contributed by atoms with Gasteiger partial charge in [-0.05, 0) is 18.3 Å². The first-order valence-electron chi connectivity index (χ1n) is 7.75. The van der Waals surface area contributed by atoms with E-state index in [1.165, 1.54) is 51.4 Å². The molecule has 2 rings (SSSR count). The van der Waals surface area contributed by atoms with Crippen LogP contribution in [-0.4, -0.2) is 20.0 Å². The molecule has 1 saturated carbocycles. The number of carbonyl (C=O) groups excluding carboxylic acids is 1. The van der Waals surface area contributed by atoms with Gasteiger partial charge in [-0.25, -0.2) is 0 Å². The molecule has 2 fully saturated rings. The standard InChI is InChI=1S/C8H15.C4H8O.C4H10.CHO.K/c1-8(2)6-4-3-5-7-8;1-2-4-5-3-1;1-3-4-2;1-2;/h3H,4-7H2,1-2H3;1-4H2;3-4H2,1-2H3;1H;/q-1;;;-1;+1. The van der Waals surface area contributed by atoms with E-state index in [4.69, 9.17) is 9.53 Å². The number of hydrogen-bond acceptors (Lipinski definition) is 2. The van der Waals surface area contributed by atoms with Gasteiger partial charge in [-0.3, -0.25) is 6.79 Å². The van der Waals surface area contributed by atoms with Gasteiger partial charge < -0.3 is 16.0 Å². The largest absolute Gasteiger partial charge is 1.00 e. The number of unbranched alkanes of at least 4 members (excludes halogenated alkanes) is 1. The SMILES string of the molecule is C1CCOC1.CC1(C)CC[CH-]CC1.CCCC.[CH-]=O.[K+].